The second kappa shape index (κ2) is 14.1. The van der Waals surface area contributed by atoms with Crippen LogP contribution in [0.2, 0.25) is 0 Å². The van der Waals surface area contributed by atoms with Crippen molar-refractivity contribution in [2.45, 2.75) is 132 Å². The van der Waals surface area contributed by atoms with E-state index in [0.29, 0.717) is 23.8 Å². The average molecular weight is 557 g/mol. The Hall–Kier alpha value is -0.870. The Balaban J connectivity index is 1.28. The molecule has 0 aromatic rings. The van der Waals surface area contributed by atoms with E-state index in [-0.39, 0.29) is 12.1 Å². The molecule has 4 heteroatoms. The standard InChI is InChI=1S/C36H64N2O2/c1-8-38(9-2)24-23-37-22-19-34(39)40-29-17-20-35(6)28(25-29)13-14-30-32-16-15-31(27(5)12-10-11-26(3)4)36(32,7)21-18-33(30)35/h13,26-27,29-33,37H,8-12,14-25H2,1-7H3/t27-,29+,30?,31-,32+,33+,35+,36-/m1/s1. The molecular weight excluding hydrogens is 492 g/mol. The van der Waals surface area contributed by atoms with E-state index in [0.717, 1.165) is 74.5 Å². The van der Waals surface area contributed by atoms with Gasteiger partial charge in [-0.3, -0.25) is 4.79 Å². The van der Waals surface area contributed by atoms with Crippen molar-refractivity contribution in [2.24, 2.45) is 46.3 Å². The zero-order valence-corrected chi connectivity index (χ0v) is 27.4. The summed E-state index contributed by atoms with van der Waals surface area (Å²) >= 11 is 0. The summed E-state index contributed by atoms with van der Waals surface area (Å²) in [6.45, 7) is 21.8. The van der Waals surface area contributed by atoms with E-state index in [1.165, 1.54) is 57.8 Å². The maximum absolute atomic E-state index is 12.6. The van der Waals surface area contributed by atoms with Gasteiger partial charge in [0.1, 0.15) is 6.10 Å². The average Bonchev–Trinajstić information content (AvgIpc) is 3.28. The van der Waals surface area contributed by atoms with Crippen LogP contribution < -0.4 is 5.32 Å². The SMILES string of the molecule is CCN(CC)CCNCCC(=O)O[C@H]1CC[C@@]2(C)C(=CCC3[C@@H]4CC[C@H]([C@H](C)CCCC(C)C)[C@@]4(C)CC[C@@H]32)C1. The van der Waals surface area contributed by atoms with E-state index >= 15 is 0 Å². The quantitative estimate of drug-likeness (QED) is 0.133. The molecule has 0 aliphatic heterocycles. The van der Waals surface area contributed by atoms with Gasteiger partial charge in [-0.25, -0.2) is 0 Å². The highest BCUT2D eigenvalue weighted by molar-refractivity contribution is 5.69. The first kappa shape index (κ1) is 32.1. The van der Waals surface area contributed by atoms with Gasteiger partial charge in [-0.15, -0.1) is 0 Å². The Kier molecular flexibility index (Phi) is 11.3. The van der Waals surface area contributed by atoms with E-state index in [1.807, 2.05) is 0 Å². The summed E-state index contributed by atoms with van der Waals surface area (Å²) < 4.78 is 6.03. The number of carbonyl (C=O) groups excluding carboxylic acids is 1. The smallest absolute Gasteiger partial charge is 0.307 e. The molecule has 3 fully saturated rings. The molecule has 4 aliphatic rings. The molecule has 40 heavy (non-hydrogen) atoms. The van der Waals surface area contributed by atoms with Gasteiger partial charge < -0.3 is 15.0 Å². The fourth-order valence-corrected chi connectivity index (χ4v) is 10.1. The first-order valence-corrected chi connectivity index (χ1v) is 17.4. The molecule has 0 aromatic carbocycles. The summed E-state index contributed by atoms with van der Waals surface area (Å²) in [5.74, 6) is 5.20. The maximum atomic E-state index is 12.6. The van der Waals surface area contributed by atoms with Crippen LogP contribution in [0.1, 0.15) is 126 Å². The minimum Gasteiger partial charge on any atom is -0.462 e. The van der Waals surface area contributed by atoms with Gasteiger partial charge in [0.15, 0.2) is 0 Å². The minimum atomic E-state index is -0.0221. The molecule has 0 saturated heterocycles. The van der Waals surface area contributed by atoms with Crippen molar-refractivity contribution in [1.29, 1.82) is 0 Å². The molecule has 1 N–H and O–H groups in total. The molecule has 1 unspecified atom stereocenters. The molecular formula is C36H64N2O2. The second-order valence-electron chi connectivity index (χ2n) is 15.2. The summed E-state index contributed by atoms with van der Waals surface area (Å²) in [6.07, 6.45) is 17.6. The van der Waals surface area contributed by atoms with Crippen LogP contribution in [0.4, 0.5) is 0 Å². The Morgan fingerprint density at radius 3 is 2.52 bits per heavy atom. The largest absolute Gasteiger partial charge is 0.462 e. The first-order chi connectivity index (χ1) is 19.1. The van der Waals surface area contributed by atoms with Crippen molar-refractivity contribution < 1.29 is 9.53 Å². The zero-order valence-electron chi connectivity index (χ0n) is 27.4. The lowest BCUT2D eigenvalue weighted by molar-refractivity contribution is -0.151. The van der Waals surface area contributed by atoms with Crippen LogP contribution in [0.3, 0.4) is 0 Å². The van der Waals surface area contributed by atoms with Crippen molar-refractivity contribution in [3.63, 3.8) is 0 Å². The van der Waals surface area contributed by atoms with Crippen LogP contribution in [0.5, 0.6) is 0 Å². The summed E-state index contributed by atoms with van der Waals surface area (Å²) in [4.78, 5) is 15.0. The van der Waals surface area contributed by atoms with E-state index in [9.17, 15) is 4.79 Å². The van der Waals surface area contributed by atoms with E-state index in [2.05, 4.69) is 64.8 Å². The number of likely N-dealkylation sites (N-methyl/N-ethyl adjacent to an activating group) is 1. The Labute approximate surface area is 247 Å². The van der Waals surface area contributed by atoms with Gasteiger partial charge >= 0.3 is 5.97 Å². The normalized spacial score (nSPS) is 36.1. The van der Waals surface area contributed by atoms with Gasteiger partial charge in [0.05, 0.1) is 6.42 Å². The third-order valence-corrected chi connectivity index (χ3v) is 12.6. The zero-order chi connectivity index (χ0) is 28.9. The lowest BCUT2D eigenvalue weighted by Gasteiger charge is -2.58. The number of nitrogens with one attached hydrogen (secondary N) is 1. The highest BCUT2D eigenvalue weighted by Crippen LogP contribution is 2.67. The van der Waals surface area contributed by atoms with Gasteiger partial charge in [0.25, 0.3) is 0 Å². The predicted octanol–water partition coefficient (Wildman–Crippen LogP) is 8.26. The van der Waals surface area contributed by atoms with Crippen LogP contribution in [0, 0.1) is 46.3 Å². The second-order valence-corrected chi connectivity index (χ2v) is 15.2. The van der Waals surface area contributed by atoms with E-state index < -0.39 is 0 Å². The monoisotopic (exact) mass is 556 g/mol. The van der Waals surface area contributed by atoms with E-state index in [4.69, 9.17) is 4.74 Å². The number of hydrogen-bond donors (Lipinski definition) is 1. The molecule has 0 aromatic heterocycles. The molecule has 4 aliphatic carbocycles. The number of ether oxygens (including phenoxy) is 1. The van der Waals surface area contributed by atoms with E-state index in [1.54, 1.807) is 5.57 Å². The number of esters is 1. The van der Waals surface area contributed by atoms with Crippen LogP contribution in [0.15, 0.2) is 11.6 Å². The van der Waals surface area contributed by atoms with Crippen molar-refractivity contribution in [2.75, 3.05) is 32.7 Å². The topological polar surface area (TPSA) is 41.6 Å². The first-order valence-electron chi connectivity index (χ1n) is 17.4. The van der Waals surface area contributed by atoms with Crippen molar-refractivity contribution in [1.82, 2.24) is 10.2 Å². The third-order valence-electron chi connectivity index (χ3n) is 12.6. The van der Waals surface area contributed by atoms with Crippen LogP contribution >= 0.6 is 0 Å². The Morgan fingerprint density at radius 1 is 1.02 bits per heavy atom. The molecule has 0 amide bonds. The fraction of sp³-hybridized carbons (Fsp3) is 0.917. The van der Waals surface area contributed by atoms with Gasteiger partial charge in [-0.2, -0.15) is 0 Å². The molecule has 0 bridgehead atoms. The molecule has 8 atom stereocenters. The van der Waals surface area contributed by atoms with Gasteiger partial charge in [-0.05, 0) is 104 Å². The summed E-state index contributed by atoms with van der Waals surface area (Å²) in [5, 5.41) is 3.43. The number of hydrogen-bond acceptors (Lipinski definition) is 4. The number of allylic oxidation sites excluding steroid dienone is 1. The van der Waals surface area contributed by atoms with Gasteiger partial charge in [0, 0.05) is 26.1 Å². The predicted molar refractivity (Wildman–Crippen MR) is 168 cm³/mol. The minimum absolute atomic E-state index is 0.0221. The molecule has 230 valence electrons. The summed E-state index contributed by atoms with van der Waals surface area (Å²) in [5.41, 5.74) is 2.49. The summed E-state index contributed by atoms with van der Waals surface area (Å²) in [6, 6.07) is 0. The van der Waals surface area contributed by atoms with Gasteiger partial charge in [0.2, 0.25) is 0 Å². The van der Waals surface area contributed by atoms with Gasteiger partial charge in [-0.1, -0.05) is 79.4 Å². The lowest BCUT2D eigenvalue weighted by Crippen LogP contribution is -2.51. The number of rotatable bonds is 14. The molecule has 3 saturated carbocycles. The third kappa shape index (κ3) is 7.01. The number of nitrogens with zero attached hydrogens (tertiary/aromatic N) is 1. The van der Waals surface area contributed by atoms with Crippen molar-refractivity contribution in [3.8, 4) is 0 Å². The lowest BCUT2D eigenvalue weighted by atomic mass is 9.47. The Bertz CT molecular complexity index is 850. The van der Waals surface area contributed by atoms with Crippen LogP contribution in [-0.4, -0.2) is 49.7 Å². The number of carbonyl (C=O) groups is 1. The molecule has 0 radical (unpaired) electrons. The highest BCUT2D eigenvalue weighted by atomic mass is 16.5. The Morgan fingerprint density at radius 2 is 1.80 bits per heavy atom. The highest BCUT2D eigenvalue weighted by Gasteiger charge is 2.59. The van der Waals surface area contributed by atoms with Crippen molar-refractivity contribution >= 4 is 5.97 Å². The van der Waals surface area contributed by atoms with Crippen LogP contribution in [0.25, 0.3) is 0 Å². The molecule has 0 heterocycles. The fourth-order valence-electron chi connectivity index (χ4n) is 10.1. The molecule has 4 nitrogen and oxygen atoms in total. The maximum Gasteiger partial charge on any atom is 0.307 e. The summed E-state index contributed by atoms with van der Waals surface area (Å²) in [7, 11) is 0. The number of fused-ring (bicyclic) bond motifs is 5. The van der Waals surface area contributed by atoms with Crippen LogP contribution in [-0.2, 0) is 9.53 Å². The van der Waals surface area contributed by atoms with Crippen molar-refractivity contribution in [3.05, 3.63) is 11.6 Å². The molecule has 4 rings (SSSR count). The molecule has 0 spiro atoms.